The molecule has 0 bridgehead atoms. The number of rotatable bonds is 5. The number of fused-ring (bicyclic) bond motifs is 1. The Labute approximate surface area is 167 Å². The van der Waals surface area contributed by atoms with Crippen molar-refractivity contribution in [2.24, 2.45) is 0 Å². The number of hydrogen-bond acceptors (Lipinski definition) is 4. The zero-order valence-electron chi connectivity index (χ0n) is 15.3. The molecule has 0 fully saturated rings. The van der Waals surface area contributed by atoms with Crippen LogP contribution in [0.5, 0.6) is 5.75 Å². The molecule has 0 saturated heterocycles. The minimum absolute atomic E-state index is 0.0514. The average molecular weight is 407 g/mol. The van der Waals surface area contributed by atoms with E-state index in [1.807, 2.05) is 32.9 Å². The fourth-order valence-electron chi connectivity index (χ4n) is 2.93. The van der Waals surface area contributed by atoms with Gasteiger partial charge in [-0.05, 0) is 49.6 Å². The average Bonchev–Trinajstić information content (AvgIpc) is 2.61. The van der Waals surface area contributed by atoms with Crippen molar-refractivity contribution in [3.8, 4) is 5.75 Å². The van der Waals surface area contributed by atoms with Gasteiger partial charge in [0.25, 0.3) is 5.56 Å². The maximum Gasteiger partial charge on any atom is 0.261 e. The standard InChI is InChI=1S/C20H20Cl2N2O3/c1-11-4-5-12(2)19(13(11)3)27-9-15(25)8-24-10-23-18-16(20(24)26)6-14(21)7-17(18)22/h4-7,10,15,25H,8-9H2,1-3H3. The Morgan fingerprint density at radius 2 is 1.89 bits per heavy atom. The topological polar surface area (TPSA) is 64.3 Å². The molecule has 27 heavy (non-hydrogen) atoms. The number of aliphatic hydroxyl groups excluding tert-OH is 1. The summed E-state index contributed by atoms with van der Waals surface area (Å²) in [6.07, 6.45) is 0.493. The van der Waals surface area contributed by atoms with Crippen LogP contribution in [-0.2, 0) is 6.54 Å². The smallest absolute Gasteiger partial charge is 0.261 e. The fraction of sp³-hybridized carbons (Fsp3) is 0.300. The van der Waals surface area contributed by atoms with Gasteiger partial charge in [-0.3, -0.25) is 9.36 Å². The molecule has 1 heterocycles. The lowest BCUT2D eigenvalue weighted by atomic mass is 10.1. The second kappa shape index (κ2) is 7.89. The Kier molecular flexibility index (Phi) is 5.75. The van der Waals surface area contributed by atoms with Gasteiger partial charge in [-0.15, -0.1) is 0 Å². The lowest BCUT2D eigenvalue weighted by Crippen LogP contribution is -2.30. The summed E-state index contributed by atoms with van der Waals surface area (Å²) in [5, 5.41) is 11.3. The molecule has 142 valence electrons. The number of benzene rings is 2. The maximum atomic E-state index is 12.6. The zero-order valence-corrected chi connectivity index (χ0v) is 16.8. The van der Waals surface area contributed by atoms with Crippen molar-refractivity contribution in [2.75, 3.05) is 6.61 Å². The first-order valence-corrected chi connectivity index (χ1v) is 9.25. The molecule has 1 atom stereocenters. The molecule has 3 aromatic rings. The number of aromatic nitrogens is 2. The van der Waals surface area contributed by atoms with Crippen LogP contribution in [0.15, 0.2) is 35.4 Å². The molecule has 0 radical (unpaired) electrons. The van der Waals surface area contributed by atoms with Gasteiger partial charge in [-0.25, -0.2) is 4.98 Å². The normalized spacial score (nSPS) is 12.4. The van der Waals surface area contributed by atoms with Gasteiger partial charge >= 0.3 is 0 Å². The van der Waals surface area contributed by atoms with Crippen LogP contribution >= 0.6 is 23.2 Å². The number of nitrogens with zero attached hydrogens (tertiary/aromatic N) is 2. The van der Waals surface area contributed by atoms with E-state index in [0.717, 1.165) is 22.4 Å². The van der Waals surface area contributed by atoms with Crippen molar-refractivity contribution in [3.63, 3.8) is 0 Å². The van der Waals surface area contributed by atoms with E-state index in [0.29, 0.717) is 20.9 Å². The van der Waals surface area contributed by atoms with E-state index in [4.69, 9.17) is 27.9 Å². The summed E-state index contributed by atoms with van der Waals surface area (Å²) in [4.78, 5) is 16.9. The third-order valence-electron chi connectivity index (χ3n) is 4.55. The molecule has 0 aliphatic heterocycles. The Bertz CT molecular complexity index is 1060. The number of aliphatic hydroxyl groups is 1. The molecular formula is C20H20Cl2N2O3. The third-order valence-corrected chi connectivity index (χ3v) is 5.05. The molecule has 7 heteroatoms. The molecule has 0 aliphatic rings. The maximum absolute atomic E-state index is 12.6. The van der Waals surface area contributed by atoms with Crippen LogP contribution in [0.3, 0.4) is 0 Å². The summed E-state index contributed by atoms with van der Waals surface area (Å²) in [5.74, 6) is 0.761. The number of hydrogen-bond donors (Lipinski definition) is 1. The third kappa shape index (κ3) is 4.10. The highest BCUT2D eigenvalue weighted by atomic mass is 35.5. The van der Waals surface area contributed by atoms with Gasteiger partial charge in [0.05, 0.1) is 28.8 Å². The Morgan fingerprint density at radius 1 is 1.19 bits per heavy atom. The van der Waals surface area contributed by atoms with Crippen molar-refractivity contribution in [1.82, 2.24) is 9.55 Å². The minimum Gasteiger partial charge on any atom is -0.490 e. The molecule has 2 aromatic carbocycles. The van der Waals surface area contributed by atoms with E-state index in [9.17, 15) is 9.90 Å². The van der Waals surface area contributed by atoms with Crippen molar-refractivity contribution < 1.29 is 9.84 Å². The molecule has 1 unspecified atom stereocenters. The van der Waals surface area contributed by atoms with Crippen LogP contribution < -0.4 is 10.3 Å². The highest BCUT2D eigenvalue weighted by Crippen LogP contribution is 2.26. The Hall–Kier alpha value is -2.08. The van der Waals surface area contributed by atoms with E-state index in [1.165, 1.54) is 23.0 Å². The second-order valence-electron chi connectivity index (χ2n) is 6.60. The molecule has 3 rings (SSSR count). The minimum atomic E-state index is -0.879. The number of aryl methyl sites for hydroxylation is 2. The summed E-state index contributed by atoms with van der Waals surface area (Å²) in [6, 6.07) is 7.08. The molecule has 0 amide bonds. The molecule has 0 aliphatic carbocycles. The van der Waals surface area contributed by atoms with E-state index in [-0.39, 0.29) is 18.7 Å². The second-order valence-corrected chi connectivity index (χ2v) is 7.45. The van der Waals surface area contributed by atoms with Gasteiger partial charge in [-0.1, -0.05) is 35.3 Å². The van der Waals surface area contributed by atoms with Crippen molar-refractivity contribution in [1.29, 1.82) is 0 Å². The van der Waals surface area contributed by atoms with Crippen LogP contribution in [0.2, 0.25) is 10.0 Å². The molecule has 1 aromatic heterocycles. The lowest BCUT2D eigenvalue weighted by Gasteiger charge is -2.17. The van der Waals surface area contributed by atoms with Crippen LogP contribution in [0.25, 0.3) is 10.9 Å². The zero-order chi connectivity index (χ0) is 19.7. The van der Waals surface area contributed by atoms with Gasteiger partial charge < -0.3 is 9.84 Å². The van der Waals surface area contributed by atoms with E-state index < -0.39 is 6.10 Å². The van der Waals surface area contributed by atoms with Gasteiger partial charge in [0.15, 0.2) is 0 Å². The molecule has 0 spiro atoms. The van der Waals surface area contributed by atoms with Crippen molar-refractivity contribution in [3.05, 3.63) is 67.7 Å². The quantitative estimate of drug-likeness (QED) is 0.693. The highest BCUT2D eigenvalue weighted by Gasteiger charge is 2.14. The van der Waals surface area contributed by atoms with Gasteiger partial charge in [0, 0.05) is 5.02 Å². The lowest BCUT2D eigenvalue weighted by molar-refractivity contribution is 0.0908. The van der Waals surface area contributed by atoms with Crippen molar-refractivity contribution >= 4 is 34.1 Å². The van der Waals surface area contributed by atoms with Crippen LogP contribution in [-0.4, -0.2) is 27.4 Å². The Balaban J connectivity index is 1.79. The predicted molar refractivity (Wildman–Crippen MR) is 108 cm³/mol. The number of halogens is 2. The van der Waals surface area contributed by atoms with Gasteiger partial charge in [-0.2, -0.15) is 0 Å². The van der Waals surface area contributed by atoms with Crippen LogP contribution in [0.4, 0.5) is 0 Å². The molecule has 1 N–H and O–H groups in total. The van der Waals surface area contributed by atoms with Crippen molar-refractivity contribution in [2.45, 2.75) is 33.4 Å². The predicted octanol–water partition coefficient (Wildman–Crippen LogP) is 4.07. The van der Waals surface area contributed by atoms with E-state index >= 15 is 0 Å². The van der Waals surface area contributed by atoms with Crippen LogP contribution in [0, 0.1) is 20.8 Å². The fourth-order valence-corrected chi connectivity index (χ4v) is 3.47. The summed E-state index contributed by atoms with van der Waals surface area (Å²) in [7, 11) is 0. The molecule has 5 nitrogen and oxygen atoms in total. The first-order valence-electron chi connectivity index (χ1n) is 8.49. The summed E-state index contributed by atoms with van der Waals surface area (Å²) >= 11 is 12.1. The Morgan fingerprint density at radius 3 is 2.63 bits per heavy atom. The molecule has 0 saturated carbocycles. The SMILES string of the molecule is Cc1ccc(C)c(OCC(O)Cn2cnc3c(Cl)cc(Cl)cc3c2=O)c1C. The van der Waals surface area contributed by atoms with Gasteiger partial charge in [0.1, 0.15) is 18.5 Å². The van der Waals surface area contributed by atoms with Crippen LogP contribution in [0.1, 0.15) is 16.7 Å². The highest BCUT2D eigenvalue weighted by molar-refractivity contribution is 6.38. The molecular weight excluding hydrogens is 387 g/mol. The monoisotopic (exact) mass is 406 g/mol. The largest absolute Gasteiger partial charge is 0.490 e. The van der Waals surface area contributed by atoms with E-state index in [2.05, 4.69) is 4.98 Å². The summed E-state index contributed by atoms with van der Waals surface area (Å²) < 4.78 is 7.15. The summed E-state index contributed by atoms with van der Waals surface area (Å²) in [6.45, 7) is 6.06. The summed E-state index contributed by atoms with van der Waals surface area (Å²) in [5.41, 5.74) is 3.23. The van der Waals surface area contributed by atoms with E-state index in [1.54, 1.807) is 0 Å². The first kappa shape index (κ1) is 19.7. The first-order chi connectivity index (χ1) is 12.8. The van der Waals surface area contributed by atoms with Gasteiger partial charge in [0.2, 0.25) is 0 Å². The number of ether oxygens (including phenoxy) is 1.